The largest absolute Gasteiger partial charge is 0.377 e. The molecule has 4 nitrogen and oxygen atoms in total. The van der Waals surface area contributed by atoms with Gasteiger partial charge in [-0.3, -0.25) is 0 Å². The van der Waals surface area contributed by atoms with E-state index in [0.29, 0.717) is 12.1 Å². The van der Waals surface area contributed by atoms with Gasteiger partial charge in [0.2, 0.25) is 0 Å². The van der Waals surface area contributed by atoms with Crippen molar-refractivity contribution < 1.29 is 4.74 Å². The lowest BCUT2D eigenvalue weighted by molar-refractivity contribution is 0.00842. The number of ether oxygens (including phenoxy) is 1. The molecule has 0 saturated heterocycles. The van der Waals surface area contributed by atoms with E-state index in [4.69, 9.17) is 21.6 Å². The van der Waals surface area contributed by atoms with Crippen molar-refractivity contribution in [3.05, 3.63) is 29.6 Å². The minimum absolute atomic E-state index is 0.208. The van der Waals surface area contributed by atoms with Crippen molar-refractivity contribution in [1.82, 2.24) is 9.55 Å². The summed E-state index contributed by atoms with van der Waals surface area (Å²) in [6.45, 7) is 6.54. The molecule has 0 saturated carbocycles. The van der Waals surface area contributed by atoms with Crippen LogP contribution in [0.15, 0.2) is 18.2 Å². The first kappa shape index (κ1) is 14.8. The molecule has 1 atom stereocenters. The highest BCUT2D eigenvalue weighted by Crippen LogP contribution is 2.27. The summed E-state index contributed by atoms with van der Waals surface area (Å²) >= 11 is 6.24. The molecule has 1 unspecified atom stereocenters. The molecular formula is C15H18ClN3O. The van der Waals surface area contributed by atoms with Crippen molar-refractivity contribution >= 4 is 22.6 Å². The molecule has 1 heterocycles. The third kappa shape index (κ3) is 2.79. The number of imidazole rings is 1. The molecule has 0 spiro atoms. The lowest BCUT2D eigenvalue weighted by Crippen LogP contribution is -2.30. The van der Waals surface area contributed by atoms with Crippen LogP contribution in [-0.2, 0) is 11.3 Å². The average molecular weight is 292 g/mol. The molecular weight excluding hydrogens is 274 g/mol. The summed E-state index contributed by atoms with van der Waals surface area (Å²) in [7, 11) is 1.68. The van der Waals surface area contributed by atoms with Gasteiger partial charge in [0.15, 0.2) is 0 Å². The number of halogens is 1. The number of nitriles is 1. The van der Waals surface area contributed by atoms with Crippen LogP contribution in [0.1, 0.15) is 37.5 Å². The van der Waals surface area contributed by atoms with E-state index < -0.39 is 0 Å². The second-order valence-corrected chi connectivity index (χ2v) is 6.11. The summed E-state index contributed by atoms with van der Waals surface area (Å²) in [5, 5.41) is 8.84. The Bertz CT molecular complexity index is 668. The van der Waals surface area contributed by atoms with Gasteiger partial charge in [-0.05, 0) is 39.0 Å². The number of rotatable bonds is 4. The van der Waals surface area contributed by atoms with E-state index in [1.807, 2.05) is 37.5 Å². The Morgan fingerprint density at radius 1 is 1.50 bits per heavy atom. The molecule has 106 valence electrons. The SMILES string of the molecule is COC(C)(C)Cn1c(C(C)Cl)nc2ccc(C#N)cc21. The zero-order valence-corrected chi connectivity index (χ0v) is 12.9. The van der Waals surface area contributed by atoms with Gasteiger partial charge < -0.3 is 9.30 Å². The normalized spacial score (nSPS) is 13.4. The van der Waals surface area contributed by atoms with Crippen molar-refractivity contribution in [2.45, 2.75) is 38.3 Å². The number of benzene rings is 1. The van der Waals surface area contributed by atoms with Gasteiger partial charge in [-0.25, -0.2) is 4.98 Å². The minimum Gasteiger partial charge on any atom is -0.377 e. The predicted molar refractivity (Wildman–Crippen MR) is 79.8 cm³/mol. The second-order valence-electron chi connectivity index (χ2n) is 5.45. The fourth-order valence-electron chi connectivity index (χ4n) is 2.13. The van der Waals surface area contributed by atoms with E-state index in [2.05, 4.69) is 11.1 Å². The van der Waals surface area contributed by atoms with Gasteiger partial charge >= 0.3 is 0 Å². The molecule has 1 aromatic carbocycles. The van der Waals surface area contributed by atoms with E-state index in [1.165, 1.54) is 0 Å². The molecule has 0 fully saturated rings. The Morgan fingerprint density at radius 3 is 2.75 bits per heavy atom. The average Bonchev–Trinajstić information content (AvgIpc) is 2.76. The van der Waals surface area contributed by atoms with Crippen LogP contribution in [-0.4, -0.2) is 22.3 Å². The van der Waals surface area contributed by atoms with Crippen molar-refractivity contribution in [3.8, 4) is 6.07 Å². The number of nitrogens with zero attached hydrogens (tertiary/aromatic N) is 3. The summed E-state index contributed by atoms with van der Waals surface area (Å²) in [5.74, 6) is 0.793. The lowest BCUT2D eigenvalue weighted by Gasteiger charge is -2.25. The van der Waals surface area contributed by atoms with Crippen molar-refractivity contribution in [3.63, 3.8) is 0 Å². The Morgan fingerprint density at radius 2 is 2.20 bits per heavy atom. The molecule has 0 aliphatic rings. The first-order valence-corrected chi connectivity index (χ1v) is 6.91. The Kier molecular flexibility index (Phi) is 4.03. The molecule has 0 aliphatic heterocycles. The quantitative estimate of drug-likeness (QED) is 0.808. The van der Waals surface area contributed by atoms with Gasteiger partial charge in [0.05, 0.1) is 40.2 Å². The molecule has 2 aromatic rings. The first-order valence-electron chi connectivity index (χ1n) is 6.47. The fourth-order valence-corrected chi connectivity index (χ4v) is 2.29. The molecule has 0 radical (unpaired) electrons. The van der Waals surface area contributed by atoms with Crippen LogP contribution in [0.25, 0.3) is 11.0 Å². The van der Waals surface area contributed by atoms with Crippen molar-refractivity contribution in [2.24, 2.45) is 0 Å². The molecule has 0 N–H and O–H groups in total. The van der Waals surface area contributed by atoms with E-state index in [1.54, 1.807) is 13.2 Å². The Labute approximate surface area is 123 Å². The van der Waals surface area contributed by atoms with Gasteiger partial charge in [0.25, 0.3) is 0 Å². The minimum atomic E-state index is -0.337. The van der Waals surface area contributed by atoms with Crippen molar-refractivity contribution in [1.29, 1.82) is 5.26 Å². The number of fused-ring (bicyclic) bond motifs is 1. The summed E-state index contributed by atoms with van der Waals surface area (Å²) in [6.07, 6.45) is 0. The molecule has 20 heavy (non-hydrogen) atoms. The number of hydrogen-bond donors (Lipinski definition) is 0. The lowest BCUT2D eigenvalue weighted by atomic mass is 10.1. The molecule has 2 rings (SSSR count). The number of methoxy groups -OCH3 is 1. The van der Waals surface area contributed by atoms with Crippen LogP contribution in [0, 0.1) is 11.3 Å². The van der Waals surface area contributed by atoms with E-state index in [-0.39, 0.29) is 11.0 Å². The predicted octanol–water partition coefficient (Wildman–Crippen LogP) is 3.63. The first-order chi connectivity index (χ1) is 9.38. The van der Waals surface area contributed by atoms with Gasteiger partial charge in [-0.2, -0.15) is 5.26 Å². The summed E-state index contributed by atoms with van der Waals surface area (Å²) < 4.78 is 7.53. The fraction of sp³-hybridized carbons (Fsp3) is 0.467. The van der Waals surface area contributed by atoms with Gasteiger partial charge in [0, 0.05) is 7.11 Å². The van der Waals surface area contributed by atoms with Gasteiger partial charge in [0.1, 0.15) is 5.82 Å². The molecule has 0 amide bonds. The Balaban J connectivity index is 2.64. The maximum atomic E-state index is 9.05. The molecule has 0 aliphatic carbocycles. The zero-order chi connectivity index (χ0) is 14.9. The maximum Gasteiger partial charge on any atom is 0.127 e. The highest BCUT2D eigenvalue weighted by molar-refractivity contribution is 6.20. The zero-order valence-electron chi connectivity index (χ0n) is 12.1. The molecule has 0 bridgehead atoms. The van der Waals surface area contributed by atoms with Crippen LogP contribution in [0.5, 0.6) is 0 Å². The monoisotopic (exact) mass is 291 g/mol. The highest BCUT2D eigenvalue weighted by atomic mass is 35.5. The molecule has 5 heteroatoms. The van der Waals surface area contributed by atoms with Gasteiger partial charge in [-0.15, -0.1) is 11.6 Å². The Hall–Kier alpha value is -1.57. The number of aromatic nitrogens is 2. The third-order valence-electron chi connectivity index (χ3n) is 3.35. The molecule has 1 aromatic heterocycles. The third-order valence-corrected chi connectivity index (χ3v) is 3.55. The summed E-state index contributed by atoms with van der Waals surface area (Å²) in [6, 6.07) is 7.62. The van der Waals surface area contributed by atoms with Crippen LogP contribution in [0.3, 0.4) is 0 Å². The number of alkyl halides is 1. The standard InChI is InChI=1S/C15H18ClN3O/c1-10(16)14-18-12-6-5-11(8-17)7-13(12)19(14)9-15(2,3)20-4/h5-7,10H,9H2,1-4H3. The van der Waals surface area contributed by atoms with Crippen LogP contribution < -0.4 is 0 Å². The maximum absolute atomic E-state index is 9.05. The van der Waals surface area contributed by atoms with Crippen LogP contribution in [0.2, 0.25) is 0 Å². The van der Waals surface area contributed by atoms with E-state index in [9.17, 15) is 0 Å². The number of hydrogen-bond acceptors (Lipinski definition) is 3. The highest BCUT2D eigenvalue weighted by Gasteiger charge is 2.23. The van der Waals surface area contributed by atoms with Crippen molar-refractivity contribution in [2.75, 3.05) is 7.11 Å². The van der Waals surface area contributed by atoms with Crippen LogP contribution >= 0.6 is 11.6 Å². The van der Waals surface area contributed by atoms with E-state index >= 15 is 0 Å². The summed E-state index contributed by atoms with van der Waals surface area (Å²) in [4.78, 5) is 4.57. The van der Waals surface area contributed by atoms with Crippen LogP contribution in [0.4, 0.5) is 0 Å². The second kappa shape index (κ2) is 5.43. The summed E-state index contributed by atoms with van der Waals surface area (Å²) in [5.41, 5.74) is 2.04. The van der Waals surface area contributed by atoms with E-state index in [0.717, 1.165) is 16.9 Å². The smallest absolute Gasteiger partial charge is 0.127 e. The topological polar surface area (TPSA) is 50.8 Å². The van der Waals surface area contributed by atoms with Gasteiger partial charge in [-0.1, -0.05) is 0 Å².